The minimum Gasteiger partial charge on any atom is -0.397 e. The number of rotatable bonds is 2. The monoisotopic (exact) mass is 290 g/mol. The molecule has 2 rings (SSSR count). The third-order valence-corrected chi connectivity index (χ3v) is 4.41. The van der Waals surface area contributed by atoms with Crippen LogP contribution in [0.4, 0.5) is 11.5 Å². The molecule has 2 heterocycles. The Kier molecular flexibility index (Phi) is 4.40. The van der Waals surface area contributed by atoms with Gasteiger partial charge in [-0.15, -0.1) is 0 Å². The zero-order chi connectivity index (χ0) is 15.6. The highest BCUT2D eigenvalue weighted by Crippen LogP contribution is 2.35. The lowest BCUT2D eigenvalue weighted by molar-refractivity contribution is 0.100. The van der Waals surface area contributed by atoms with Crippen molar-refractivity contribution < 1.29 is 4.79 Å². The molecule has 1 aliphatic heterocycles. The molecular formula is C16H26N4O. The summed E-state index contributed by atoms with van der Waals surface area (Å²) >= 11 is 0. The minimum absolute atomic E-state index is 0.317. The quantitative estimate of drug-likeness (QED) is 0.876. The molecule has 5 heteroatoms. The van der Waals surface area contributed by atoms with Crippen LogP contribution >= 0.6 is 0 Å². The van der Waals surface area contributed by atoms with E-state index >= 15 is 0 Å². The standard InChI is InChI=1S/C16H26N4O/c1-16(2,3)11-5-4-7-20(8-6-11)15-13(14(18)21)9-12(17)10-19-15/h9-11H,4-8,17H2,1-3H3,(H2,18,21). The summed E-state index contributed by atoms with van der Waals surface area (Å²) in [7, 11) is 0. The maximum absolute atomic E-state index is 11.6. The summed E-state index contributed by atoms with van der Waals surface area (Å²) in [5, 5.41) is 0. The maximum atomic E-state index is 11.6. The van der Waals surface area contributed by atoms with E-state index in [4.69, 9.17) is 11.5 Å². The second-order valence-electron chi connectivity index (χ2n) is 6.98. The first-order chi connectivity index (χ1) is 9.79. The third kappa shape index (κ3) is 3.65. The van der Waals surface area contributed by atoms with Gasteiger partial charge in [0.05, 0.1) is 17.4 Å². The van der Waals surface area contributed by atoms with Crippen molar-refractivity contribution in [3.63, 3.8) is 0 Å². The van der Waals surface area contributed by atoms with Gasteiger partial charge in [-0.1, -0.05) is 20.8 Å². The number of pyridine rings is 1. The molecule has 0 aliphatic carbocycles. The van der Waals surface area contributed by atoms with Crippen LogP contribution in [0.15, 0.2) is 12.3 Å². The van der Waals surface area contributed by atoms with E-state index in [2.05, 4.69) is 30.7 Å². The summed E-state index contributed by atoms with van der Waals surface area (Å²) in [4.78, 5) is 18.2. The van der Waals surface area contributed by atoms with Crippen LogP contribution in [0.3, 0.4) is 0 Å². The van der Waals surface area contributed by atoms with Crippen molar-refractivity contribution in [2.45, 2.75) is 40.0 Å². The Balaban J connectivity index is 2.22. The summed E-state index contributed by atoms with van der Waals surface area (Å²) in [6.45, 7) is 8.69. The van der Waals surface area contributed by atoms with Gasteiger partial charge in [0.2, 0.25) is 0 Å². The molecule has 1 amide bonds. The number of hydrogen-bond donors (Lipinski definition) is 2. The van der Waals surface area contributed by atoms with Crippen LogP contribution in [-0.2, 0) is 0 Å². The Labute approximate surface area is 126 Å². The number of anilines is 2. The van der Waals surface area contributed by atoms with Crippen LogP contribution in [0, 0.1) is 11.3 Å². The van der Waals surface area contributed by atoms with E-state index in [0.29, 0.717) is 28.4 Å². The largest absolute Gasteiger partial charge is 0.397 e. The predicted octanol–water partition coefficient (Wildman–Crippen LogP) is 2.42. The number of primary amides is 1. The molecule has 4 N–H and O–H groups in total. The minimum atomic E-state index is -0.471. The lowest BCUT2D eigenvalue weighted by atomic mass is 9.77. The van der Waals surface area contributed by atoms with Crippen LogP contribution in [0.25, 0.3) is 0 Å². The van der Waals surface area contributed by atoms with Crippen LogP contribution in [0.2, 0.25) is 0 Å². The molecule has 0 radical (unpaired) electrons. The molecule has 21 heavy (non-hydrogen) atoms. The van der Waals surface area contributed by atoms with Gasteiger partial charge in [0, 0.05) is 13.1 Å². The van der Waals surface area contributed by atoms with Gasteiger partial charge < -0.3 is 16.4 Å². The third-order valence-electron chi connectivity index (χ3n) is 4.41. The lowest BCUT2D eigenvalue weighted by Gasteiger charge is -2.30. The molecule has 0 spiro atoms. The molecule has 116 valence electrons. The van der Waals surface area contributed by atoms with E-state index in [0.717, 1.165) is 25.9 Å². The number of nitrogen functional groups attached to an aromatic ring is 1. The van der Waals surface area contributed by atoms with Crippen molar-refractivity contribution in [3.05, 3.63) is 17.8 Å². The molecule has 0 saturated carbocycles. The van der Waals surface area contributed by atoms with E-state index in [-0.39, 0.29) is 0 Å². The summed E-state index contributed by atoms with van der Waals surface area (Å²) in [6.07, 6.45) is 5.01. The zero-order valence-electron chi connectivity index (χ0n) is 13.2. The average molecular weight is 290 g/mol. The highest BCUT2D eigenvalue weighted by molar-refractivity contribution is 5.98. The molecule has 1 saturated heterocycles. The number of aromatic nitrogens is 1. The van der Waals surface area contributed by atoms with Crippen LogP contribution in [0.1, 0.15) is 50.4 Å². The van der Waals surface area contributed by atoms with Crippen molar-refractivity contribution in [1.29, 1.82) is 0 Å². The fourth-order valence-corrected chi connectivity index (χ4v) is 3.08. The van der Waals surface area contributed by atoms with Gasteiger partial charge in [0.15, 0.2) is 0 Å². The van der Waals surface area contributed by atoms with Crippen LogP contribution in [-0.4, -0.2) is 24.0 Å². The van der Waals surface area contributed by atoms with Crippen LogP contribution in [0.5, 0.6) is 0 Å². The summed E-state index contributed by atoms with van der Waals surface area (Å²) in [5.74, 6) is 0.890. The summed E-state index contributed by atoms with van der Waals surface area (Å²) in [5.41, 5.74) is 12.4. The van der Waals surface area contributed by atoms with Gasteiger partial charge in [-0.3, -0.25) is 4.79 Å². The Morgan fingerprint density at radius 2 is 2.05 bits per heavy atom. The number of nitrogens with zero attached hydrogens (tertiary/aromatic N) is 2. The summed E-state index contributed by atoms with van der Waals surface area (Å²) in [6, 6.07) is 1.62. The molecule has 1 atom stereocenters. The molecule has 0 aromatic carbocycles. The van der Waals surface area contributed by atoms with Gasteiger partial charge >= 0.3 is 0 Å². The van der Waals surface area contributed by atoms with E-state index in [9.17, 15) is 4.79 Å². The zero-order valence-corrected chi connectivity index (χ0v) is 13.2. The highest BCUT2D eigenvalue weighted by Gasteiger charge is 2.28. The molecule has 5 nitrogen and oxygen atoms in total. The Morgan fingerprint density at radius 3 is 2.67 bits per heavy atom. The first-order valence-electron chi connectivity index (χ1n) is 7.59. The second-order valence-corrected chi connectivity index (χ2v) is 6.98. The molecule has 1 fully saturated rings. The second kappa shape index (κ2) is 5.92. The molecular weight excluding hydrogens is 264 g/mol. The first-order valence-corrected chi connectivity index (χ1v) is 7.59. The average Bonchev–Trinajstić information content (AvgIpc) is 2.63. The highest BCUT2D eigenvalue weighted by atomic mass is 16.1. The molecule has 1 unspecified atom stereocenters. The van der Waals surface area contributed by atoms with Crippen molar-refractivity contribution in [2.75, 3.05) is 23.7 Å². The van der Waals surface area contributed by atoms with Gasteiger partial charge in [0.25, 0.3) is 5.91 Å². The van der Waals surface area contributed by atoms with Gasteiger partial charge in [-0.05, 0) is 36.7 Å². The van der Waals surface area contributed by atoms with Gasteiger partial charge in [-0.25, -0.2) is 4.98 Å². The molecule has 1 aliphatic rings. The fourth-order valence-electron chi connectivity index (χ4n) is 3.08. The first kappa shape index (κ1) is 15.6. The smallest absolute Gasteiger partial charge is 0.252 e. The molecule has 1 aromatic rings. The number of amides is 1. The number of hydrogen-bond acceptors (Lipinski definition) is 4. The fraction of sp³-hybridized carbons (Fsp3) is 0.625. The van der Waals surface area contributed by atoms with E-state index < -0.39 is 5.91 Å². The van der Waals surface area contributed by atoms with E-state index in [1.54, 1.807) is 12.3 Å². The Bertz CT molecular complexity index is 521. The molecule has 0 bridgehead atoms. The van der Waals surface area contributed by atoms with Crippen molar-refractivity contribution in [1.82, 2.24) is 4.98 Å². The normalized spacial score (nSPS) is 20.1. The number of nitrogens with two attached hydrogens (primary N) is 2. The van der Waals surface area contributed by atoms with Gasteiger partial charge in [0.1, 0.15) is 5.82 Å². The Morgan fingerprint density at radius 1 is 1.33 bits per heavy atom. The van der Waals surface area contributed by atoms with E-state index in [1.807, 2.05) is 0 Å². The number of carbonyl (C=O) groups excluding carboxylic acids is 1. The van der Waals surface area contributed by atoms with Crippen LogP contribution < -0.4 is 16.4 Å². The topological polar surface area (TPSA) is 85.2 Å². The van der Waals surface area contributed by atoms with Crippen molar-refractivity contribution >= 4 is 17.4 Å². The molecule has 1 aromatic heterocycles. The predicted molar refractivity (Wildman–Crippen MR) is 86.2 cm³/mol. The van der Waals surface area contributed by atoms with Gasteiger partial charge in [-0.2, -0.15) is 0 Å². The Hall–Kier alpha value is -1.78. The SMILES string of the molecule is CC(C)(C)C1CCCN(c2ncc(N)cc2C(N)=O)CC1. The van der Waals surface area contributed by atoms with Crippen molar-refractivity contribution in [2.24, 2.45) is 17.1 Å². The maximum Gasteiger partial charge on any atom is 0.252 e. The summed E-state index contributed by atoms with van der Waals surface area (Å²) < 4.78 is 0. The van der Waals surface area contributed by atoms with Crippen molar-refractivity contribution in [3.8, 4) is 0 Å². The lowest BCUT2D eigenvalue weighted by Crippen LogP contribution is -2.29. The number of carbonyl (C=O) groups is 1. The van der Waals surface area contributed by atoms with E-state index in [1.165, 1.54) is 6.42 Å².